The molecule has 0 aliphatic carbocycles. The van der Waals surface area contributed by atoms with Crippen LogP contribution in [-0.2, 0) is 10.0 Å². The first-order valence-corrected chi connectivity index (χ1v) is 8.77. The smallest absolute Gasteiger partial charge is 0.213 e. The quantitative estimate of drug-likeness (QED) is 0.905. The van der Waals surface area contributed by atoms with Gasteiger partial charge in [0, 0.05) is 29.8 Å². The highest BCUT2D eigenvalue weighted by Crippen LogP contribution is 2.19. The topological polar surface area (TPSA) is 62.3 Å². The van der Waals surface area contributed by atoms with Crippen LogP contribution in [0.15, 0.2) is 22.8 Å². The van der Waals surface area contributed by atoms with E-state index in [0.29, 0.717) is 13.1 Å². The molecule has 0 spiro atoms. The van der Waals surface area contributed by atoms with Gasteiger partial charge in [0.2, 0.25) is 10.0 Å². The van der Waals surface area contributed by atoms with E-state index in [4.69, 9.17) is 0 Å². The average molecular weight is 348 g/mol. The highest BCUT2D eigenvalue weighted by molar-refractivity contribution is 9.10. The fourth-order valence-corrected chi connectivity index (χ4v) is 3.62. The predicted octanol–water partition coefficient (Wildman–Crippen LogP) is 2.07. The lowest BCUT2D eigenvalue weighted by atomic mass is 10.1. The van der Waals surface area contributed by atoms with E-state index in [-0.39, 0.29) is 11.8 Å². The summed E-state index contributed by atoms with van der Waals surface area (Å²) in [6, 6.07) is 4.08. The lowest BCUT2D eigenvalue weighted by Gasteiger charge is -2.31. The van der Waals surface area contributed by atoms with Gasteiger partial charge < -0.3 is 5.32 Å². The summed E-state index contributed by atoms with van der Waals surface area (Å²) in [5, 5.41) is 3.35. The van der Waals surface area contributed by atoms with Gasteiger partial charge in [0.25, 0.3) is 0 Å². The Balaban J connectivity index is 1.91. The maximum Gasteiger partial charge on any atom is 0.213 e. The largest absolute Gasteiger partial charge is 0.367 e. The van der Waals surface area contributed by atoms with E-state index in [1.807, 2.05) is 12.1 Å². The highest BCUT2D eigenvalue weighted by Gasteiger charge is 2.26. The molecule has 1 N–H and O–H groups in total. The van der Waals surface area contributed by atoms with Gasteiger partial charge in [0.15, 0.2) is 0 Å². The maximum absolute atomic E-state index is 11.8. The minimum Gasteiger partial charge on any atom is -0.367 e. The van der Waals surface area contributed by atoms with Crippen LogP contribution in [0, 0.1) is 0 Å². The molecule has 106 valence electrons. The zero-order valence-corrected chi connectivity index (χ0v) is 13.2. The van der Waals surface area contributed by atoms with Gasteiger partial charge in [-0.05, 0) is 31.9 Å². The lowest BCUT2D eigenvalue weighted by Crippen LogP contribution is -2.43. The Morgan fingerprint density at radius 3 is 2.74 bits per heavy atom. The summed E-state index contributed by atoms with van der Waals surface area (Å²) in [6.07, 6.45) is 3.37. The number of pyridine rings is 1. The summed E-state index contributed by atoms with van der Waals surface area (Å²) in [4.78, 5) is 4.24. The second-order valence-corrected chi connectivity index (χ2v) is 7.75. The molecule has 0 bridgehead atoms. The summed E-state index contributed by atoms with van der Waals surface area (Å²) >= 11 is 3.40. The monoisotopic (exact) mass is 347 g/mol. The van der Waals surface area contributed by atoms with Crippen LogP contribution >= 0.6 is 15.9 Å². The number of nitrogens with one attached hydrogen (secondary N) is 1. The number of anilines is 1. The lowest BCUT2D eigenvalue weighted by molar-refractivity contribution is 0.330. The van der Waals surface area contributed by atoms with Crippen molar-refractivity contribution in [3.63, 3.8) is 0 Å². The van der Waals surface area contributed by atoms with E-state index in [1.165, 1.54) is 0 Å². The fourth-order valence-electron chi connectivity index (χ4n) is 2.15. The predicted molar refractivity (Wildman–Crippen MR) is 79.6 cm³/mol. The molecule has 0 aromatic carbocycles. The second-order valence-electron chi connectivity index (χ2n) is 4.58. The number of aromatic nitrogens is 1. The molecule has 2 heterocycles. The number of rotatable bonds is 4. The third-order valence-electron chi connectivity index (χ3n) is 3.29. The van der Waals surface area contributed by atoms with Crippen molar-refractivity contribution in [2.75, 3.05) is 24.2 Å². The zero-order valence-electron chi connectivity index (χ0n) is 10.8. The molecular weight excluding hydrogens is 330 g/mol. The number of hydrogen-bond donors (Lipinski definition) is 1. The van der Waals surface area contributed by atoms with Gasteiger partial charge in [-0.25, -0.2) is 17.7 Å². The summed E-state index contributed by atoms with van der Waals surface area (Å²) in [5.41, 5.74) is 0. The van der Waals surface area contributed by atoms with Crippen molar-refractivity contribution in [1.82, 2.24) is 9.29 Å². The number of piperidine rings is 1. The molecule has 0 atom stereocenters. The van der Waals surface area contributed by atoms with E-state index in [2.05, 4.69) is 26.2 Å². The summed E-state index contributed by atoms with van der Waals surface area (Å²) in [5.74, 6) is 1.00. The molecule has 1 fully saturated rings. The molecular formula is C12H18BrN3O2S. The first kappa shape index (κ1) is 14.7. The van der Waals surface area contributed by atoms with Crippen molar-refractivity contribution in [2.24, 2.45) is 0 Å². The molecule has 0 saturated carbocycles. The molecule has 0 unspecified atom stereocenters. The Kier molecular flexibility index (Phi) is 4.81. The number of halogens is 1. The van der Waals surface area contributed by atoms with Crippen molar-refractivity contribution in [3.8, 4) is 0 Å². The molecule has 19 heavy (non-hydrogen) atoms. The minimum absolute atomic E-state index is 0.179. The standard InChI is InChI=1S/C12H18BrN3O2S/c1-2-19(17,18)16-7-4-11(5-8-16)15-12-9-10(13)3-6-14-12/h3,6,9,11H,2,4-5,7-8H2,1H3,(H,14,15). The van der Waals surface area contributed by atoms with Crippen molar-refractivity contribution >= 4 is 31.8 Å². The molecule has 1 aromatic heterocycles. The van der Waals surface area contributed by atoms with Crippen LogP contribution in [0.3, 0.4) is 0 Å². The Bertz CT molecular complexity index is 528. The Morgan fingerprint density at radius 2 is 2.16 bits per heavy atom. The van der Waals surface area contributed by atoms with Crippen molar-refractivity contribution < 1.29 is 8.42 Å². The van der Waals surface area contributed by atoms with Crippen molar-refractivity contribution in [3.05, 3.63) is 22.8 Å². The fraction of sp³-hybridized carbons (Fsp3) is 0.583. The highest BCUT2D eigenvalue weighted by atomic mass is 79.9. The number of hydrogen-bond acceptors (Lipinski definition) is 4. The van der Waals surface area contributed by atoms with Crippen LogP contribution in [0.5, 0.6) is 0 Å². The van der Waals surface area contributed by atoms with Gasteiger partial charge in [-0.15, -0.1) is 0 Å². The summed E-state index contributed by atoms with van der Waals surface area (Å²) < 4.78 is 26.1. The van der Waals surface area contributed by atoms with Crippen LogP contribution in [0.25, 0.3) is 0 Å². The van der Waals surface area contributed by atoms with Gasteiger partial charge >= 0.3 is 0 Å². The van der Waals surface area contributed by atoms with E-state index < -0.39 is 10.0 Å². The van der Waals surface area contributed by atoms with Crippen LogP contribution in [-0.4, -0.2) is 42.6 Å². The van der Waals surface area contributed by atoms with E-state index in [0.717, 1.165) is 23.1 Å². The molecule has 1 aliphatic heterocycles. The SMILES string of the molecule is CCS(=O)(=O)N1CCC(Nc2cc(Br)ccn2)CC1. The Labute approximate surface area is 122 Å². The molecule has 0 radical (unpaired) electrons. The minimum atomic E-state index is -3.04. The van der Waals surface area contributed by atoms with Crippen LogP contribution in [0.2, 0.25) is 0 Å². The summed E-state index contributed by atoms with van der Waals surface area (Å²) in [7, 11) is -3.04. The molecule has 7 heteroatoms. The molecule has 5 nitrogen and oxygen atoms in total. The molecule has 1 aliphatic rings. The van der Waals surface area contributed by atoms with Crippen LogP contribution < -0.4 is 5.32 Å². The Morgan fingerprint density at radius 1 is 1.47 bits per heavy atom. The molecule has 0 amide bonds. The first-order chi connectivity index (χ1) is 9.01. The van der Waals surface area contributed by atoms with E-state index in [9.17, 15) is 8.42 Å². The number of sulfonamides is 1. The summed E-state index contributed by atoms with van der Waals surface area (Å²) in [6.45, 7) is 2.86. The van der Waals surface area contributed by atoms with E-state index >= 15 is 0 Å². The van der Waals surface area contributed by atoms with Gasteiger partial charge in [0.1, 0.15) is 5.82 Å². The molecule has 2 rings (SSSR count). The van der Waals surface area contributed by atoms with Crippen molar-refractivity contribution in [2.45, 2.75) is 25.8 Å². The van der Waals surface area contributed by atoms with E-state index in [1.54, 1.807) is 17.4 Å². The average Bonchev–Trinajstić information content (AvgIpc) is 2.39. The maximum atomic E-state index is 11.8. The van der Waals surface area contributed by atoms with Gasteiger partial charge in [-0.2, -0.15) is 0 Å². The normalized spacial score (nSPS) is 18.4. The second kappa shape index (κ2) is 6.19. The third kappa shape index (κ3) is 3.90. The van der Waals surface area contributed by atoms with Crippen LogP contribution in [0.4, 0.5) is 5.82 Å². The molecule has 1 saturated heterocycles. The Hall–Kier alpha value is -0.660. The van der Waals surface area contributed by atoms with Gasteiger partial charge in [0.05, 0.1) is 5.75 Å². The number of nitrogens with zero attached hydrogens (tertiary/aromatic N) is 2. The first-order valence-electron chi connectivity index (χ1n) is 6.37. The van der Waals surface area contributed by atoms with Gasteiger partial charge in [-0.3, -0.25) is 0 Å². The third-order valence-corrected chi connectivity index (χ3v) is 5.66. The molecule has 1 aromatic rings. The van der Waals surface area contributed by atoms with Crippen LogP contribution in [0.1, 0.15) is 19.8 Å². The zero-order chi connectivity index (χ0) is 13.9. The van der Waals surface area contributed by atoms with Gasteiger partial charge in [-0.1, -0.05) is 15.9 Å². The van der Waals surface area contributed by atoms with Crippen molar-refractivity contribution in [1.29, 1.82) is 0 Å².